The van der Waals surface area contributed by atoms with Crippen molar-refractivity contribution >= 4 is 39.0 Å². The zero-order valence-electron chi connectivity index (χ0n) is 32.6. The van der Waals surface area contributed by atoms with E-state index in [9.17, 15) is 0 Å². The number of para-hydroxylation sites is 1. The highest BCUT2D eigenvalue weighted by Gasteiger charge is 2.17. The maximum absolute atomic E-state index is 6.12. The molecule has 10 rings (SSSR count). The minimum absolute atomic E-state index is 0.907. The van der Waals surface area contributed by atoms with Gasteiger partial charge in [0, 0.05) is 27.8 Å². The fraction of sp³-hybridized carbons (Fsp3) is 0.0357. The molecule has 0 N–H and O–H groups in total. The van der Waals surface area contributed by atoms with E-state index >= 15 is 0 Å². The molecule has 58 heavy (non-hydrogen) atoms. The lowest BCUT2D eigenvalue weighted by Gasteiger charge is -2.27. The van der Waals surface area contributed by atoms with Crippen LogP contribution in [0.4, 0.5) is 17.1 Å². The second-order valence-electron chi connectivity index (χ2n) is 15.1. The molecule has 0 atom stereocenters. The molecule has 0 aliphatic heterocycles. The molecule has 0 aliphatic carbocycles. The predicted octanol–water partition coefficient (Wildman–Crippen LogP) is 16.0. The van der Waals surface area contributed by atoms with Crippen LogP contribution in [-0.4, -0.2) is 0 Å². The van der Waals surface area contributed by atoms with E-state index in [1.807, 2.05) is 12.1 Å². The van der Waals surface area contributed by atoms with Gasteiger partial charge in [0.25, 0.3) is 0 Å². The van der Waals surface area contributed by atoms with E-state index in [4.69, 9.17) is 4.42 Å². The first-order chi connectivity index (χ1) is 28.6. The first kappa shape index (κ1) is 35.0. The van der Waals surface area contributed by atoms with Crippen molar-refractivity contribution in [3.05, 3.63) is 223 Å². The molecule has 0 fully saturated rings. The number of furan rings is 1. The zero-order valence-corrected chi connectivity index (χ0v) is 32.6. The molecule has 0 saturated carbocycles. The normalized spacial score (nSPS) is 11.3. The Balaban J connectivity index is 1.01. The van der Waals surface area contributed by atoms with Crippen molar-refractivity contribution in [2.45, 2.75) is 13.8 Å². The number of aryl methyl sites for hydroxylation is 2. The van der Waals surface area contributed by atoms with Crippen molar-refractivity contribution in [1.29, 1.82) is 0 Å². The molecule has 9 aromatic carbocycles. The summed E-state index contributed by atoms with van der Waals surface area (Å²) in [7, 11) is 0. The van der Waals surface area contributed by atoms with Gasteiger partial charge in [-0.1, -0.05) is 158 Å². The highest BCUT2D eigenvalue weighted by atomic mass is 16.3. The van der Waals surface area contributed by atoms with Gasteiger partial charge in [-0.15, -0.1) is 0 Å². The topological polar surface area (TPSA) is 16.4 Å². The van der Waals surface area contributed by atoms with Crippen LogP contribution in [0.5, 0.6) is 0 Å². The number of rotatable bonds is 8. The lowest BCUT2D eigenvalue weighted by atomic mass is 9.93. The van der Waals surface area contributed by atoms with E-state index < -0.39 is 0 Å². The average Bonchev–Trinajstić information content (AvgIpc) is 3.66. The standard InChI is InChI=1S/C56H41NO/c1-38-35-46(41-13-7-4-8-14-41)25-32-51(38)52-33-31-50(36-39(52)2)57(48-27-21-44(22-28-48)43-19-17-42(18-20-43)40-11-5-3-6-12-40)49-29-23-45(24-30-49)47-26-34-56-54(37-47)53-15-9-10-16-55(53)58-56/h3-37H,1-2H3. The minimum Gasteiger partial charge on any atom is -0.456 e. The molecule has 0 radical (unpaired) electrons. The molecule has 2 heteroatoms. The van der Waals surface area contributed by atoms with Crippen LogP contribution >= 0.6 is 0 Å². The van der Waals surface area contributed by atoms with Crippen molar-refractivity contribution < 1.29 is 4.42 Å². The van der Waals surface area contributed by atoms with Gasteiger partial charge in [-0.3, -0.25) is 0 Å². The van der Waals surface area contributed by atoms with E-state index in [1.54, 1.807) is 0 Å². The largest absolute Gasteiger partial charge is 0.456 e. The van der Waals surface area contributed by atoms with Crippen molar-refractivity contribution in [2.24, 2.45) is 0 Å². The van der Waals surface area contributed by atoms with Crippen LogP contribution in [-0.2, 0) is 0 Å². The van der Waals surface area contributed by atoms with Gasteiger partial charge >= 0.3 is 0 Å². The van der Waals surface area contributed by atoms with E-state index in [2.05, 4.69) is 219 Å². The van der Waals surface area contributed by atoms with Crippen LogP contribution in [0.3, 0.4) is 0 Å². The maximum atomic E-state index is 6.12. The molecule has 0 aliphatic rings. The van der Waals surface area contributed by atoms with Gasteiger partial charge in [-0.2, -0.15) is 0 Å². The highest BCUT2D eigenvalue weighted by molar-refractivity contribution is 6.06. The SMILES string of the molecule is Cc1cc(-c2ccccc2)ccc1-c1ccc(N(c2ccc(-c3ccc(-c4ccccc4)cc3)cc2)c2ccc(-c3ccc4oc5ccccc5c4c3)cc2)cc1C. The van der Waals surface area contributed by atoms with Crippen molar-refractivity contribution in [2.75, 3.05) is 4.90 Å². The molecule has 2 nitrogen and oxygen atoms in total. The molecule has 0 spiro atoms. The van der Waals surface area contributed by atoms with Gasteiger partial charge in [-0.25, -0.2) is 0 Å². The third-order valence-corrected chi connectivity index (χ3v) is 11.4. The van der Waals surface area contributed by atoms with Crippen molar-refractivity contribution in [3.8, 4) is 55.6 Å². The summed E-state index contributed by atoms with van der Waals surface area (Å²) in [6, 6.07) is 76.3. The quantitative estimate of drug-likeness (QED) is 0.154. The summed E-state index contributed by atoms with van der Waals surface area (Å²) in [5, 5.41) is 2.27. The Bertz CT molecular complexity index is 3030. The molecular weight excluding hydrogens is 703 g/mol. The number of hydrogen-bond acceptors (Lipinski definition) is 2. The van der Waals surface area contributed by atoms with E-state index in [-0.39, 0.29) is 0 Å². The molecular formula is C56H41NO. The van der Waals surface area contributed by atoms with Gasteiger partial charge in [0.1, 0.15) is 11.2 Å². The van der Waals surface area contributed by atoms with Crippen LogP contribution in [0.1, 0.15) is 11.1 Å². The van der Waals surface area contributed by atoms with E-state index in [1.165, 1.54) is 55.6 Å². The first-order valence-corrected chi connectivity index (χ1v) is 19.9. The van der Waals surface area contributed by atoms with Gasteiger partial charge in [0.15, 0.2) is 0 Å². The monoisotopic (exact) mass is 743 g/mol. The summed E-state index contributed by atoms with van der Waals surface area (Å²) in [5.74, 6) is 0. The Morgan fingerprint density at radius 2 is 0.690 bits per heavy atom. The number of benzene rings is 9. The molecule has 10 aromatic rings. The molecule has 0 unspecified atom stereocenters. The molecule has 1 aromatic heterocycles. The van der Waals surface area contributed by atoms with Crippen LogP contribution in [0, 0.1) is 13.8 Å². The van der Waals surface area contributed by atoms with Crippen LogP contribution < -0.4 is 4.90 Å². The number of hydrogen-bond donors (Lipinski definition) is 0. The summed E-state index contributed by atoms with van der Waals surface area (Å²) in [6.07, 6.45) is 0. The third kappa shape index (κ3) is 6.65. The fourth-order valence-electron chi connectivity index (χ4n) is 8.31. The Morgan fingerprint density at radius 1 is 0.293 bits per heavy atom. The van der Waals surface area contributed by atoms with Crippen molar-refractivity contribution in [3.63, 3.8) is 0 Å². The Morgan fingerprint density at radius 3 is 1.28 bits per heavy atom. The van der Waals surface area contributed by atoms with Gasteiger partial charge in [-0.05, 0) is 135 Å². The second-order valence-corrected chi connectivity index (χ2v) is 15.1. The van der Waals surface area contributed by atoms with Gasteiger partial charge < -0.3 is 9.32 Å². The lowest BCUT2D eigenvalue weighted by Crippen LogP contribution is -2.10. The summed E-state index contributed by atoms with van der Waals surface area (Å²) >= 11 is 0. The van der Waals surface area contributed by atoms with E-state index in [0.29, 0.717) is 0 Å². The highest BCUT2D eigenvalue weighted by Crippen LogP contribution is 2.40. The van der Waals surface area contributed by atoms with Gasteiger partial charge in [0.05, 0.1) is 0 Å². The van der Waals surface area contributed by atoms with Crippen LogP contribution in [0.15, 0.2) is 217 Å². The summed E-state index contributed by atoms with van der Waals surface area (Å²) in [6.45, 7) is 4.44. The Labute approximate surface area is 339 Å². The minimum atomic E-state index is 0.907. The maximum Gasteiger partial charge on any atom is 0.135 e. The summed E-state index contributed by atoms with van der Waals surface area (Å²) in [5.41, 5.74) is 19.7. The number of nitrogens with zero attached hydrogens (tertiary/aromatic N) is 1. The third-order valence-electron chi connectivity index (χ3n) is 11.4. The molecule has 0 saturated heterocycles. The van der Waals surface area contributed by atoms with Crippen LogP contribution in [0.25, 0.3) is 77.6 Å². The number of anilines is 3. The molecule has 276 valence electrons. The second kappa shape index (κ2) is 14.9. The summed E-state index contributed by atoms with van der Waals surface area (Å²) in [4.78, 5) is 2.36. The summed E-state index contributed by atoms with van der Waals surface area (Å²) < 4.78 is 6.12. The molecule has 0 bridgehead atoms. The van der Waals surface area contributed by atoms with Gasteiger partial charge in [0.2, 0.25) is 0 Å². The number of fused-ring (bicyclic) bond motifs is 3. The average molecular weight is 744 g/mol. The van der Waals surface area contributed by atoms with Crippen LogP contribution in [0.2, 0.25) is 0 Å². The smallest absolute Gasteiger partial charge is 0.135 e. The molecule has 0 amide bonds. The predicted molar refractivity (Wildman–Crippen MR) is 245 cm³/mol. The Kier molecular flexibility index (Phi) is 9.01. The first-order valence-electron chi connectivity index (χ1n) is 19.9. The van der Waals surface area contributed by atoms with E-state index in [0.717, 1.165) is 50.1 Å². The molecule has 1 heterocycles. The van der Waals surface area contributed by atoms with Crippen molar-refractivity contribution in [1.82, 2.24) is 0 Å². The zero-order chi connectivity index (χ0) is 39.0. The fourth-order valence-corrected chi connectivity index (χ4v) is 8.31. The Hall–Kier alpha value is -7.42. The lowest BCUT2D eigenvalue weighted by molar-refractivity contribution is 0.669.